The Morgan fingerprint density at radius 1 is 1.21 bits per heavy atom. The lowest BCUT2D eigenvalue weighted by Gasteiger charge is -2.37. The van der Waals surface area contributed by atoms with Crippen LogP contribution in [0.1, 0.15) is 32.1 Å². The molecule has 3 heterocycles. The Morgan fingerprint density at radius 2 is 2.00 bits per heavy atom. The molecule has 28 heavy (non-hydrogen) atoms. The summed E-state index contributed by atoms with van der Waals surface area (Å²) in [6.07, 6.45) is 6.55. The second-order valence-electron chi connectivity index (χ2n) is 7.37. The average Bonchev–Trinajstić information content (AvgIpc) is 3.02. The summed E-state index contributed by atoms with van der Waals surface area (Å²) >= 11 is 0. The van der Waals surface area contributed by atoms with Crippen molar-refractivity contribution in [3.05, 3.63) is 58.2 Å². The van der Waals surface area contributed by atoms with Gasteiger partial charge in [-0.3, -0.25) is 4.79 Å². The fraction of sp³-hybridized carbons (Fsp3) is 0.286. The van der Waals surface area contributed by atoms with Gasteiger partial charge in [0, 0.05) is 10.8 Å². The zero-order valence-corrected chi connectivity index (χ0v) is 15.1. The van der Waals surface area contributed by atoms with Gasteiger partial charge < -0.3 is 14.9 Å². The summed E-state index contributed by atoms with van der Waals surface area (Å²) in [4.78, 5) is 13.0. The molecule has 1 aliphatic carbocycles. The van der Waals surface area contributed by atoms with Gasteiger partial charge in [-0.15, -0.1) is 5.10 Å². The Labute approximate surface area is 160 Å². The van der Waals surface area contributed by atoms with Gasteiger partial charge in [-0.2, -0.15) is 9.94 Å². The van der Waals surface area contributed by atoms with Crippen molar-refractivity contribution < 1.29 is 9.15 Å². The molecule has 1 aromatic carbocycles. The second-order valence-corrected chi connectivity index (χ2v) is 7.37. The fourth-order valence-electron chi connectivity index (χ4n) is 4.29. The molecule has 0 radical (unpaired) electrons. The van der Waals surface area contributed by atoms with Crippen LogP contribution in [0.25, 0.3) is 28.3 Å². The van der Waals surface area contributed by atoms with Crippen molar-refractivity contribution in [3.8, 4) is 17.5 Å². The van der Waals surface area contributed by atoms with Gasteiger partial charge >= 0.3 is 0 Å². The Kier molecular flexibility index (Phi) is 3.56. The van der Waals surface area contributed by atoms with E-state index >= 15 is 0 Å². The first-order valence-electron chi connectivity index (χ1n) is 9.34. The fourth-order valence-corrected chi connectivity index (χ4v) is 4.29. The van der Waals surface area contributed by atoms with Crippen molar-refractivity contribution in [1.82, 2.24) is 9.78 Å². The smallest absolute Gasteiger partial charge is 0.287 e. The van der Waals surface area contributed by atoms with Gasteiger partial charge in [0.15, 0.2) is 0 Å². The topological polar surface area (TPSA) is 107 Å². The molecule has 1 saturated carbocycles. The highest BCUT2D eigenvalue weighted by molar-refractivity contribution is 5.81. The lowest BCUT2D eigenvalue weighted by Crippen LogP contribution is -2.33. The van der Waals surface area contributed by atoms with E-state index in [0.29, 0.717) is 16.7 Å². The van der Waals surface area contributed by atoms with E-state index in [1.165, 1.54) is 4.68 Å². The van der Waals surface area contributed by atoms with Crippen molar-refractivity contribution in [2.24, 2.45) is 11.1 Å². The number of nitriles is 1. The van der Waals surface area contributed by atoms with E-state index in [-0.39, 0.29) is 23.2 Å². The first-order valence-corrected chi connectivity index (χ1v) is 9.34. The van der Waals surface area contributed by atoms with Crippen LogP contribution < -0.4 is 11.3 Å². The maximum atomic E-state index is 13.0. The van der Waals surface area contributed by atoms with Crippen LogP contribution in [0.5, 0.6) is 0 Å². The Balaban J connectivity index is 1.69. The molecular weight excluding hydrogens is 356 g/mol. The largest absolute Gasteiger partial charge is 0.436 e. The number of fused-ring (bicyclic) bond motifs is 2. The predicted octanol–water partition coefficient (Wildman–Crippen LogP) is 3.57. The summed E-state index contributed by atoms with van der Waals surface area (Å²) in [5, 5.41) is 14.8. The Bertz CT molecular complexity index is 1220. The first-order chi connectivity index (χ1) is 13.6. The molecule has 2 N–H and O–H groups in total. The van der Waals surface area contributed by atoms with Crippen molar-refractivity contribution in [2.75, 3.05) is 0 Å². The number of aromatic nitrogens is 2. The highest BCUT2D eigenvalue weighted by Gasteiger charge is 2.41. The van der Waals surface area contributed by atoms with Crippen LogP contribution in [-0.4, -0.2) is 9.78 Å². The maximum Gasteiger partial charge on any atom is 0.287 e. The van der Waals surface area contributed by atoms with Crippen LogP contribution in [0, 0.1) is 16.7 Å². The minimum atomic E-state index is -0.503. The number of hydrogen-bond acceptors (Lipinski definition) is 6. The van der Waals surface area contributed by atoms with Gasteiger partial charge in [-0.1, -0.05) is 37.5 Å². The van der Waals surface area contributed by atoms with Gasteiger partial charge in [0.25, 0.3) is 5.56 Å². The highest BCUT2D eigenvalue weighted by Crippen LogP contribution is 2.47. The molecule has 0 bridgehead atoms. The summed E-state index contributed by atoms with van der Waals surface area (Å²) in [6.45, 7) is 0. The SMILES string of the molecule is N#CC1=C(N)OC(n2nc3oc4ccccc4cc-3c2=O)=CC12CCCCC2. The minimum Gasteiger partial charge on any atom is -0.436 e. The minimum absolute atomic E-state index is 0.0444. The molecule has 7 nitrogen and oxygen atoms in total. The van der Waals surface area contributed by atoms with E-state index in [0.717, 1.165) is 37.5 Å². The third-order valence-electron chi connectivity index (χ3n) is 5.69. The summed E-state index contributed by atoms with van der Waals surface area (Å²) < 4.78 is 12.6. The van der Waals surface area contributed by atoms with Gasteiger partial charge in [-0.25, -0.2) is 0 Å². The third kappa shape index (κ3) is 2.34. The zero-order chi connectivity index (χ0) is 19.3. The third-order valence-corrected chi connectivity index (χ3v) is 5.69. The summed E-state index contributed by atoms with van der Waals surface area (Å²) in [5.41, 5.74) is 6.69. The lowest BCUT2D eigenvalue weighted by molar-refractivity contribution is 0.250. The first kappa shape index (κ1) is 16.6. The van der Waals surface area contributed by atoms with E-state index in [4.69, 9.17) is 14.9 Å². The van der Waals surface area contributed by atoms with E-state index in [9.17, 15) is 10.1 Å². The van der Waals surface area contributed by atoms with E-state index in [1.807, 2.05) is 30.3 Å². The molecule has 1 fully saturated rings. The van der Waals surface area contributed by atoms with Gasteiger partial charge in [0.05, 0.1) is 5.57 Å². The van der Waals surface area contributed by atoms with Gasteiger partial charge in [0.2, 0.25) is 17.7 Å². The standard InChI is InChI=1S/C21H18N4O3/c22-12-15-18(23)28-17(11-21(15)8-4-1-5-9-21)25-20(26)14-10-13-6-2-3-7-16(13)27-19(14)24-25/h2-3,6-7,10-11H,1,4-5,8-9,23H2. The Morgan fingerprint density at radius 3 is 2.79 bits per heavy atom. The van der Waals surface area contributed by atoms with Crippen LogP contribution in [0.2, 0.25) is 0 Å². The molecule has 0 aromatic heterocycles. The van der Waals surface area contributed by atoms with Crippen LogP contribution in [0.4, 0.5) is 0 Å². The van der Waals surface area contributed by atoms with Gasteiger partial charge in [0.1, 0.15) is 17.2 Å². The summed E-state index contributed by atoms with van der Waals surface area (Å²) in [5.74, 6) is 0.515. The predicted molar refractivity (Wildman–Crippen MR) is 103 cm³/mol. The van der Waals surface area contributed by atoms with Crippen LogP contribution in [0.3, 0.4) is 0 Å². The number of para-hydroxylation sites is 1. The summed E-state index contributed by atoms with van der Waals surface area (Å²) in [6, 6.07) is 11.4. The maximum absolute atomic E-state index is 13.0. The molecule has 1 aromatic rings. The molecule has 5 rings (SSSR count). The molecule has 0 atom stereocenters. The number of hydrogen-bond donors (Lipinski definition) is 1. The number of allylic oxidation sites excluding steroid dienone is 2. The molecule has 1 spiro atoms. The van der Waals surface area contributed by atoms with Crippen molar-refractivity contribution in [3.63, 3.8) is 0 Å². The number of benzene rings is 1. The average molecular weight is 374 g/mol. The molecule has 0 amide bonds. The molecule has 0 saturated heterocycles. The van der Waals surface area contributed by atoms with Crippen LogP contribution in [0.15, 0.2) is 57.1 Å². The van der Waals surface area contributed by atoms with Crippen molar-refractivity contribution in [1.29, 1.82) is 5.26 Å². The van der Waals surface area contributed by atoms with Crippen molar-refractivity contribution >= 4 is 16.9 Å². The molecule has 0 unspecified atom stereocenters. The highest BCUT2D eigenvalue weighted by atomic mass is 16.5. The lowest BCUT2D eigenvalue weighted by atomic mass is 9.68. The molecule has 140 valence electrons. The van der Waals surface area contributed by atoms with E-state index in [2.05, 4.69) is 11.2 Å². The zero-order valence-electron chi connectivity index (χ0n) is 15.1. The number of nitrogens with zero attached hydrogens (tertiary/aromatic N) is 3. The van der Waals surface area contributed by atoms with Gasteiger partial charge in [-0.05, 0) is 31.1 Å². The van der Waals surface area contributed by atoms with E-state index < -0.39 is 5.41 Å². The molecular formula is C21H18N4O3. The normalized spacial score (nSPS) is 18.9. The Hall–Kier alpha value is -3.53. The monoisotopic (exact) mass is 374 g/mol. The van der Waals surface area contributed by atoms with Crippen LogP contribution >= 0.6 is 0 Å². The molecule has 4 aliphatic rings. The quantitative estimate of drug-likeness (QED) is 0.698. The number of ether oxygens (including phenoxy) is 1. The number of rotatable bonds is 1. The second kappa shape index (κ2) is 5.99. The molecule has 3 aliphatic heterocycles. The number of nitrogens with two attached hydrogens (primary N) is 1. The molecule has 7 heteroatoms. The van der Waals surface area contributed by atoms with E-state index in [1.54, 1.807) is 6.07 Å². The summed E-state index contributed by atoms with van der Waals surface area (Å²) in [7, 11) is 0. The van der Waals surface area contributed by atoms with Crippen molar-refractivity contribution in [2.45, 2.75) is 32.1 Å². The van der Waals surface area contributed by atoms with Crippen LogP contribution in [-0.2, 0) is 4.74 Å².